The predicted molar refractivity (Wildman–Crippen MR) is 59.7 cm³/mol. The van der Waals surface area contributed by atoms with Crippen LogP contribution in [0.3, 0.4) is 0 Å². The van der Waals surface area contributed by atoms with Gasteiger partial charge in [-0.05, 0) is 17.5 Å². The Bertz CT molecular complexity index is 456. The minimum absolute atomic E-state index is 0.00661. The van der Waals surface area contributed by atoms with Crippen LogP contribution < -0.4 is 4.90 Å². The summed E-state index contributed by atoms with van der Waals surface area (Å²) in [5.41, 5.74) is 0.516. The van der Waals surface area contributed by atoms with Crippen LogP contribution in [0.1, 0.15) is 25.8 Å². The van der Waals surface area contributed by atoms with Crippen molar-refractivity contribution in [2.75, 3.05) is 11.4 Å². The Morgan fingerprint density at radius 1 is 1.50 bits per heavy atom. The van der Waals surface area contributed by atoms with Gasteiger partial charge in [-0.25, -0.2) is 4.98 Å². The molecule has 82 valence electrons. The first-order valence-electron chi connectivity index (χ1n) is 5.18. The molecule has 1 aromatic rings. The van der Waals surface area contributed by atoms with E-state index in [1.807, 2.05) is 6.07 Å². The molecule has 4 heteroatoms. The van der Waals surface area contributed by atoms with E-state index in [9.17, 15) is 4.79 Å². The van der Waals surface area contributed by atoms with E-state index in [0.29, 0.717) is 24.3 Å². The summed E-state index contributed by atoms with van der Waals surface area (Å²) in [6.45, 7) is 4.81. The van der Waals surface area contributed by atoms with Crippen molar-refractivity contribution in [2.24, 2.45) is 5.41 Å². The Balaban J connectivity index is 2.26. The van der Waals surface area contributed by atoms with Crippen molar-refractivity contribution >= 4 is 11.7 Å². The number of nitrogens with zero attached hydrogens (tertiary/aromatic N) is 3. The second-order valence-corrected chi connectivity index (χ2v) is 4.84. The second-order valence-electron chi connectivity index (χ2n) is 4.84. The summed E-state index contributed by atoms with van der Waals surface area (Å²) >= 11 is 0. The molecule has 0 spiro atoms. The number of carbonyl (C=O) groups excluding carboxylic acids is 1. The van der Waals surface area contributed by atoms with Gasteiger partial charge in [0.15, 0.2) is 0 Å². The van der Waals surface area contributed by atoms with E-state index in [1.54, 1.807) is 17.0 Å². The summed E-state index contributed by atoms with van der Waals surface area (Å²) in [5.74, 6) is 0.733. The van der Waals surface area contributed by atoms with Crippen LogP contribution in [0.25, 0.3) is 0 Å². The molecule has 0 bridgehead atoms. The van der Waals surface area contributed by atoms with Crippen LogP contribution in [0.4, 0.5) is 5.82 Å². The summed E-state index contributed by atoms with van der Waals surface area (Å²) in [6.07, 6.45) is 2.04. The zero-order valence-corrected chi connectivity index (χ0v) is 9.40. The van der Waals surface area contributed by atoms with Gasteiger partial charge in [-0.2, -0.15) is 5.26 Å². The highest BCUT2D eigenvalue weighted by molar-refractivity contribution is 5.95. The standard InChI is InChI=1S/C12H13N3O/c1-12(2)5-11(16)15(8-12)10-4-3-9(6-13)7-14-10/h3-4,7H,5,8H2,1-2H3. The van der Waals surface area contributed by atoms with Gasteiger partial charge in [-0.15, -0.1) is 0 Å². The highest BCUT2D eigenvalue weighted by Crippen LogP contribution is 2.32. The van der Waals surface area contributed by atoms with Crippen LogP contribution in [-0.4, -0.2) is 17.4 Å². The van der Waals surface area contributed by atoms with Crippen LogP contribution in [0.5, 0.6) is 0 Å². The fourth-order valence-electron chi connectivity index (χ4n) is 1.90. The summed E-state index contributed by atoms with van der Waals surface area (Å²) in [6, 6.07) is 5.41. The molecule has 16 heavy (non-hydrogen) atoms. The summed E-state index contributed by atoms with van der Waals surface area (Å²) in [7, 11) is 0. The Hall–Kier alpha value is -1.89. The Morgan fingerprint density at radius 2 is 2.25 bits per heavy atom. The molecular weight excluding hydrogens is 202 g/mol. The minimum atomic E-state index is 0.00661. The first kappa shape index (κ1) is 10.6. The van der Waals surface area contributed by atoms with Gasteiger partial charge in [0, 0.05) is 19.2 Å². The van der Waals surface area contributed by atoms with Gasteiger partial charge < -0.3 is 0 Å². The zero-order chi connectivity index (χ0) is 11.8. The van der Waals surface area contributed by atoms with Gasteiger partial charge in [-0.3, -0.25) is 9.69 Å². The molecule has 1 aliphatic heterocycles. The van der Waals surface area contributed by atoms with Crippen molar-refractivity contribution in [1.29, 1.82) is 5.26 Å². The summed E-state index contributed by atoms with van der Waals surface area (Å²) in [5, 5.41) is 8.66. The van der Waals surface area contributed by atoms with Crippen molar-refractivity contribution in [3.8, 4) is 6.07 Å². The molecule has 0 atom stereocenters. The molecule has 0 saturated carbocycles. The normalized spacial score (nSPS) is 18.6. The van der Waals surface area contributed by atoms with Crippen LogP contribution in [0.15, 0.2) is 18.3 Å². The molecule has 1 fully saturated rings. The molecule has 0 N–H and O–H groups in total. The molecule has 1 aromatic heterocycles. The zero-order valence-electron chi connectivity index (χ0n) is 9.40. The number of carbonyl (C=O) groups is 1. The van der Waals surface area contributed by atoms with Crippen molar-refractivity contribution in [1.82, 2.24) is 4.98 Å². The quantitative estimate of drug-likeness (QED) is 0.716. The van der Waals surface area contributed by atoms with Crippen molar-refractivity contribution in [3.05, 3.63) is 23.9 Å². The van der Waals surface area contributed by atoms with Crippen molar-refractivity contribution in [2.45, 2.75) is 20.3 Å². The third-order valence-electron chi connectivity index (χ3n) is 2.67. The van der Waals surface area contributed by atoms with Gasteiger partial charge in [-0.1, -0.05) is 13.8 Å². The van der Waals surface area contributed by atoms with Gasteiger partial charge >= 0.3 is 0 Å². The van der Waals surface area contributed by atoms with Crippen LogP contribution >= 0.6 is 0 Å². The van der Waals surface area contributed by atoms with E-state index < -0.39 is 0 Å². The lowest BCUT2D eigenvalue weighted by atomic mass is 9.93. The molecule has 1 aliphatic rings. The second kappa shape index (κ2) is 3.60. The first-order chi connectivity index (χ1) is 7.52. The van der Waals surface area contributed by atoms with Gasteiger partial charge in [0.05, 0.1) is 5.56 Å². The first-order valence-corrected chi connectivity index (χ1v) is 5.18. The number of amides is 1. The van der Waals surface area contributed by atoms with Gasteiger partial charge in [0.2, 0.25) is 5.91 Å². The molecule has 0 aromatic carbocycles. The number of hydrogen-bond donors (Lipinski definition) is 0. The van der Waals surface area contributed by atoms with Crippen LogP contribution in [0.2, 0.25) is 0 Å². The van der Waals surface area contributed by atoms with Crippen molar-refractivity contribution in [3.63, 3.8) is 0 Å². The molecule has 2 heterocycles. The third-order valence-corrected chi connectivity index (χ3v) is 2.67. The molecule has 0 unspecified atom stereocenters. The van der Waals surface area contributed by atoms with Gasteiger partial charge in [0.1, 0.15) is 11.9 Å². The molecule has 1 saturated heterocycles. The maximum atomic E-state index is 11.8. The monoisotopic (exact) mass is 215 g/mol. The number of aromatic nitrogens is 1. The smallest absolute Gasteiger partial charge is 0.228 e. The van der Waals surface area contributed by atoms with Crippen molar-refractivity contribution < 1.29 is 4.79 Å². The topological polar surface area (TPSA) is 57.0 Å². The highest BCUT2D eigenvalue weighted by atomic mass is 16.2. The number of nitriles is 1. The summed E-state index contributed by atoms with van der Waals surface area (Å²) < 4.78 is 0. The Labute approximate surface area is 94.5 Å². The number of anilines is 1. The van der Waals surface area contributed by atoms with E-state index in [2.05, 4.69) is 18.8 Å². The van der Waals surface area contributed by atoms with E-state index in [-0.39, 0.29) is 11.3 Å². The van der Waals surface area contributed by atoms with Gasteiger partial charge in [0.25, 0.3) is 0 Å². The molecule has 0 aliphatic carbocycles. The Morgan fingerprint density at radius 3 is 2.69 bits per heavy atom. The lowest BCUT2D eigenvalue weighted by Crippen LogP contribution is -2.26. The van der Waals surface area contributed by atoms with E-state index in [4.69, 9.17) is 5.26 Å². The van der Waals surface area contributed by atoms with E-state index in [1.165, 1.54) is 6.20 Å². The largest absolute Gasteiger partial charge is 0.296 e. The Kier molecular flexibility index (Phi) is 2.39. The summed E-state index contributed by atoms with van der Waals surface area (Å²) in [4.78, 5) is 17.6. The lowest BCUT2D eigenvalue weighted by molar-refractivity contribution is -0.117. The number of hydrogen-bond acceptors (Lipinski definition) is 3. The molecule has 0 radical (unpaired) electrons. The highest BCUT2D eigenvalue weighted by Gasteiger charge is 2.36. The number of pyridine rings is 1. The molecular formula is C12H13N3O. The number of rotatable bonds is 1. The minimum Gasteiger partial charge on any atom is -0.296 e. The fraction of sp³-hybridized carbons (Fsp3) is 0.417. The maximum Gasteiger partial charge on any atom is 0.228 e. The SMILES string of the molecule is CC1(C)CC(=O)N(c2ccc(C#N)cn2)C1. The lowest BCUT2D eigenvalue weighted by Gasteiger charge is -2.18. The predicted octanol–water partition coefficient (Wildman–Crippen LogP) is 1.72. The van der Waals surface area contributed by atoms with E-state index in [0.717, 1.165) is 0 Å². The third kappa shape index (κ3) is 1.89. The average molecular weight is 215 g/mol. The molecule has 4 nitrogen and oxygen atoms in total. The molecule has 1 amide bonds. The van der Waals surface area contributed by atoms with Crippen LogP contribution in [0, 0.1) is 16.7 Å². The fourth-order valence-corrected chi connectivity index (χ4v) is 1.90. The molecule has 2 rings (SSSR count). The van der Waals surface area contributed by atoms with Crippen LogP contribution in [-0.2, 0) is 4.79 Å². The van der Waals surface area contributed by atoms with E-state index >= 15 is 0 Å². The average Bonchev–Trinajstić information content (AvgIpc) is 2.52. The maximum absolute atomic E-state index is 11.8.